The number of benzene rings is 2. The van der Waals surface area contributed by atoms with E-state index in [1.165, 1.54) is 31.6 Å². The van der Waals surface area contributed by atoms with Crippen molar-refractivity contribution in [3.05, 3.63) is 103 Å². The Morgan fingerprint density at radius 2 is 1.50 bits per heavy atom. The van der Waals surface area contributed by atoms with Crippen LogP contribution in [0.1, 0.15) is 38.4 Å². The van der Waals surface area contributed by atoms with Gasteiger partial charge in [-0.1, -0.05) is 51.1 Å². The van der Waals surface area contributed by atoms with Crippen LogP contribution >= 0.6 is 0 Å². The molecule has 5 rings (SSSR count). The molecule has 248 valence electrons. The molecule has 3 heterocycles. The van der Waals surface area contributed by atoms with Gasteiger partial charge in [0.15, 0.2) is 23.1 Å². The van der Waals surface area contributed by atoms with Crippen molar-refractivity contribution in [2.45, 2.75) is 44.0 Å². The first-order valence-corrected chi connectivity index (χ1v) is 16.4. The summed E-state index contributed by atoms with van der Waals surface area (Å²) in [5.74, 6) is -0.201. The van der Waals surface area contributed by atoms with Gasteiger partial charge in [-0.2, -0.15) is 4.98 Å². The van der Waals surface area contributed by atoms with E-state index in [4.69, 9.17) is 14.2 Å². The van der Waals surface area contributed by atoms with Crippen molar-refractivity contribution in [1.29, 1.82) is 0 Å². The molecule has 1 amide bonds. The molecule has 2 aromatic carbocycles. The number of hydrogen-bond acceptors (Lipinski definition) is 11. The minimum absolute atomic E-state index is 0.00177. The Balaban J connectivity index is 1.51. The van der Waals surface area contributed by atoms with Crippen molar-refractivity contribution in [3.8, 4) is 34.8 Å². The van der Waals surface area contributed by atoms with Gasteiger partial charge in [-0.3, -0.25) is 14.5 Å². The minimum Gasteiger partial charge on any atom is -0.493 e. The second kappa shape index (κ2) is 14.9. The van der Waals surface area contributed by atoms with Crippen LogP contribution in [-0.2, 0) is 26.8 Å². The highest BCUT2D eigenvalue weighted by Crippen LogP contribution is 2.41. The molecule has 0 spiro atoms. The maximum atomic E-state index is 13.8. The molecule has 0 unspecified atom stereocenters. The Morgan fingerprint density at radius 3 is 2.17 bits per heavy atom. The normalized spacial score (nSPS) is 11.4. The van der Waals surface area contributed by atoms with E-state index >= 15 is 0 Å². The van der Waals surface area contributed by atoms with Crippen LogP contribution in [0.2, 0.25) is 0 Å². The van der Waals surface area contributed by atoms with Gasteiger partial charge in [0.2, 0.25) is 17.5 Å². The number of para-hydroxylation sites is 2. The highest BCUT2D eigenvalue weighted by molar-refractivity contribution is 7.92. The Hall–Kier alpha value is -5.63. The van der Waals surface area contributed by atoms with Gasteiger partial charge in [0.25, 0.3) is 15.9 Å². The van der Waals surface area contributed by atoms with Crippen molar-refractivity contribution in [2.24, 2.45) is 0 Å². The molecule has 0 saturated carbocycles. The lowest BCUT2D eigenvalue weighted by molar-refractivity contribution is -0.121. The van der Waals surface area contributed by atoms with Crippen LogP contribution in [0.3, 0.4) is 0 Å². The maximum absolute atomic E-state index is 13.8. The third-order valence-corrected chi connectivity index (χ3v) is 8.26. The number of pyridine rings is 1. The van der Waals surface area contributed by atoms with E-state index in [1.807, 2.05) is 26.8 Å². The molecule has 0 aliphatic carbocycles. The number of nitrogens with one attached hydrogen (secondary N) is 2. The number of methoxy groups -OCH3 is 1. The van der Waals surface area contributed by atoms with Crippen molar-refractivity contribution < 1.29 is 27.4 Å². The first-order valence-electron chi connectivity index (χ1n) is 15.0. The zero-order valence-electron chi connectivity index (χ0n) is 26.9. The van der Waals surface area contributed by atoms with Crippen molar-refractivity contribution in [2.75, 3.05) is 18.4 Å². The highest BCUT2D eigenvalue weighted by Gasteiger charge is 2.26. The van der Waals surface area contributed by atoms with E-state index in [-0.39, 0.29) is 70.6 Å². The van der Waals surface area contributed by atoms with Gasteiger partial charge in [0.05, 0.1) is 37.3 Å². The smallest absolute Gasteiger partial charge is 0.263 e. The molecule has 13 nitrogen and oxygen atoms in total. The van der Waals surface area contributed by atoms with Gasteiger partial charge < -0.3 is 19.5 Å². The Bertz CT molecular complexity index is 1950. The van der Waals surface area contributed by atoms with E-state index in [9.17, 15) is 13.2 Å². The zero-order valence-corrected chi connectivity index (χ0v) is 27.7. The molecule has 0 atom stereocenters. The topological polar surface area (TPSA) is 167 Å². The fraction of sp³-hybridized carbons (Fsp3) is 0.235. The summed E-state index contributed by atoms with van der Waals surface area (Å²) in [6, 6.07) is 20.4. The fourth-order valence-electron chi connectivity index (χ4n) is 4.36. The van der Waals surface area contributed by atoms with E-state index in [0.717, 1.165) is 5.56 Å². The number of carbonyl (C=O) groups is 1. The minimum atomic E-state index is -4.21. The first-order chi connectivity index (χ1) is 23.0. The van der Waals surface area contributed by atoms with Gasteiger partial charge in [-0.25, -0.2) is 23.4 Å². The highest BCUT2D eigenvalue weighted by atomic mass is 32.2. The molecule has 5 aromatic rings. The average Bonchev–Trinajstić information content (AvgIpc) is 3.09. The largest absolute Gasteiger partial charge is 0.493 e. The van der Waals surface area contributed by atoms with Crippen LogP contribution in [0, 0.1) is 0 Å². The summed E-state index contributed by atoms with van der Waals surface area (Å²) in [5, 5.41) is 2.79. The van der Waals surface area contributed by atoms with Gasteiger partial charge in [-0.05, 0) is 53.4 Å². The third-order valence-electron chi connectivity index (χ3n) is 6.90. The van der Waals surface area contributed by atoms with Crippen LogP contribution < -0.4 is 24.2 Å². The van der Waals surface area contributed by atoms with Crippen LogP contribution in [0.15, 0.2) is 96.3 Å². The van der Waals surface area contributed by atoms with Crippen molar-refractivity contribution >= 4 is 21.7 Å². The number of sulfonamides is 1. The number of amides is 1. The first kappa shape index (κ1) is 33.7. The molecule has 0 radical (unpaired) electrons. The van der Waals surface area contributed by atoms with Crippen LogP contribution in [-0.4, -0.2) is 53.0 Å². The molecule has 2 N–H and O–H groups in total. The van der Waals surface area contributed by atoms with Gasteiger partial charge in [-0.15, -0.1) is 0 Å². The van der Waals surface area contributed by atoms with Gasteiger partial charge in [0, 0.05) is 18.6 Å². The zero-order chi connectivity index (χ0) is 34.1. The maximum Gasteiger partial charge on any atom is 0.263 e. The molecular weight excluding hydrogens is 634 g/mol. The Labute approximate surface area is 278 Å². The quantitative estimate of drug-likeness (QED) is 0.167. The molecule has 14 heteroatoms. The number of carbonyl (C=O) groups excluding carboxylic acids is 1. The number of ether oxygens (including phenoxy) is 3. The van der Waals surface area contributed by atoms with E-state index in [0.29, 0.717) is 11.4 Å². The lowest BCUT2D eigenvalue weighted by Gasteiger charge is -2.20. The van der Waals surface area contributed by atoms with Crippen molar-refractivity contribution in [1.82, 2.24) is 30.2 Å². The summed E-state index contributed by atoms with van der Waals surface area (Å²) in [4.78, 5) is 34.2. The summed E-state index contributed by atoms with van der Waals surface area (Å²) in [7, 11) is -2.73. The Kier molecular flexibility index (Phi) is 10.4. The predicted octanol–water partition coefficient (Wildman–Crippen LogP) is 5.31. The molecule has 0 aliphatic heterocycles. The summed E-state index contributed by atoms with van der Waals surface area (Å²) in [6.07, 6.45) is 4.59. The predicted molar refractivity (Wildman–Crippen MR) is 178 cm³/mol. The second-order valence-corrected chi connectivity index (χ2v) is 13.1. The molecule has 0 fully saturated rings. The molecular formula is C34H35N7O6S. The SMILES string of the molecule is COc1ccccc1Oc1c(NS(=O)(=O)c2ccc(C(C)(C)C)cc2)nc(-c2ncccn2)nc1OCCC(=O)NCc1ccccn1. The van der Waals surface area contributed by atoms with Crippen molar-refractivity contribution in [3.63, 3.8) is 0 Å². The molecule has 3 aromatic heterocycles. The van der Waals surface area contributed by atoms with Crippen LogP contribution in [0.25, 0.3) is 11.6 Å². The summed E-state index contributed by atoms with van der Waals surface area (Å²) in [5.41, 5.74) is 1.49. The van der Waals surface area contributed by atoms with Crippen LogP contribution in [0.4, 0.5) is 5.82 Å². The molecule has 48 heavy (non-hydrogen) atoms. The summed E-state index contributed by atoms with van der Waals surface area (Å²) < 4.78 is 47.7. The number of anilines is 1. The molecule has 0 bridgehead atoms. The lowest BCUT2D eigenvalue weighted by Crippen LogP contribution is -2.25. The Morgan fingerprint density at radius 1 is 0.812 bits per heavy atom. The fourth-order valence-corrected chi connectivity index (χ4v) is 5.36. The number of aromatic nitrogens is 5. The number of hydrogen-bond donors (Lipinski definition) is 2. The average molecular weight is 670 g/mol. The van der Waals surface area contributed by atoms with Gasteiger partial charge in [0.1, 0.15) is 0 Å². The monoisotopic (exact) mass is 669 g/mol. The standard InChI is InChI=1S/C34H35N7O6S/c1-34(2,3)23-13-15-25(16-14-23)48(43,44)41-30-29(47-27-12-6-5-11-26(27)45-4)33(40-32(39-30)31-36-19-9-20-37-31)46-21-17-28(42)38-22-24-10-7-8-18-35-24/h5-16,18-20H,17,21-22H2,1-4H3,(H,38,42)(H,39,40,41). The lowest BCUT2D eigenvalue weighted by atomic mass is 9.87. The van der Waals surface area contributed by atoms with E-state index in [1.54, 1.807) is 60.8 Å². The van der Waals surface area contributed by atoms with Crippen LogP contribution in [0.5, 0.6) is 23.1 Å². The van der Waals surface area contributed by atoms with E-state index < -0.39 is 10.0 Å². The summed E-state index contributed by atoms with van der Waals surface area (Å²) in [6.45, 7) is 6.22. The number of nitrogens with zero attached hydrogens (tertiary/aromatic N) is 5. The molecule has 0 saturated heterocycles. The third kappa shape index (κ3) is 8.59. The molecule has 0 aliphatic rings. The number of rotatable bonds is 13. The second-order valence-electron chi connectivity index (χ2n) is 11.4. The van der Waals surface area contributed by atoms with Gasteiger partial charge >= 0.3 is 0 Å². The van der Waals surface area contributed by atoms with E-state index in [2.05, 4.69) is 35.0 Å². The summed E-state index contributed by atoms with van der Waals surface area (Å²) >= 11 is 0.